The molecule has 1 aromatic rings. The molecule has 2 N–H and O–H groups in total. The first-order valence-electron chi connectivity index (χ1n) is 8.29. The molecule has 4 heteroatoms. The van der Waals surface area contributed by atoms with Crippen LogP contribution in [0.25, 0.3) is 0 Å². The number of nitrogens with one attached hydrogen (secondary N) is 1. The van der Waals surface area contributed by atoms with E-state index in [0.717, 1.165) is 18.4 Å². The second-order valence-electron chi connectivity index (χ2n) is 6.72. The van der Waals surface area contributed by atoms with Gasteiger partial charge in [-0.15, -0.1) is 0 Å². The molecule has 0 aliphatic heterocycles. The van der Waals surface area contributed by atoms with Crippen molar-refractivity contribution in [2.24, 2.45) is 23.7 Å². The molecule has 2 aliphatic rings. The minimum Gasteiger partial charge on any atom is -0.481 e. The SMILES string of the molecule is CC[C@@H](NC(=O)[C@@H]1[C@@H](C(=O)O)[C@H]2C=C[C@H]1C2)c1ccc(C)cc1. The highest BCUT2D eigenvalue weighted by Gasteiger charge is 2.51. The van der Waals surface area contributed by atoms with Crippen LogP contribution < -0.4 is 5.32 Å². The summed E-state index contributed by atoms with van der Waals surface area (Å²) in [6.45, 7) is 4.06. The Labute approximate surface area is 136 Å². The first-order chi connectivity index (χ1) is 11.0. The molecule has 0 spiro atoms. The molecule has 1 fully saturated rings. The van der Waals surface area contributed by atoms with Gasteiger partial charge in [0, 0.05) is 0 Å². The summed E-state index contributed by atoms with van der Waals surface area (Å²) in [6, 6.07) is 8.05. The molecule has 4 nitrogen and oxygen atoms in total. The highest BCUT2D eigenvalue weighted by Crippen LogP contribution is 2.48. The van der Waals surface area contributed by atoms with Crippen LogP contribution >= 0.6 is 0 Å². The predicted molar refractivity (Wildman–Crippen MR) is 87.7 cm³/mol. The first-order valence-corrected chi connectivity index (χ1v) is 8.29. The van der Waals surface area contributed by atoms with Crippen molar-refractivity contribution in [1.82, 2.24) is 5.32 Å². The number of aryl methyl sites for hydroxylation is 1. The fourth-order valence-corrected chi connectivity index (χ4v) is 4.00. The zero-order chi connectivity index (χ0) is 16.6. The Morgan fingerprint density at radius 3 is 2.35 bits per heavy atom. The summed E-state index contributed by atoms with van der Waals surface area (Å²) in [7, 11) is 0. The van der Waals surface area contributed by atoms with Crippen LogP contribution in [0.15, 0.2) is 36.4 Å². The van der Waals surface area contributed by atoms with Gasteiger partial charge >= 0.3 is 5.97 Å². The Morgan fingerprint density at radius 1 is 1.17 bits per heavy atom. The minimum atomic E-state index is -0.856. The number of carboxylic acids is 1. The largest absolute Gasteiger partial charge is 0.481 e. The maximum absolute atomic E-state index is 12.8. The van der Waals surface area contributed by atoms with Gasteiger partial charge in [-0.05, 0) is 37.2 Å². The lowest BCUT2D eigenvalue weighted by Gasteiger charge is -2.26. The fraction of sp³-hybridized carbons (Fsp3) is 0.474. The molecule has 0 aromatic heterocycles. The second-order valence-corrected chi connectivity index (χ2v) is 6.72. The van der Waals surface area contributed by atoms with Crippen molar-refractivity contribution in [1.29, 1.82) is 0 Å². The van der Waals surface area contributed by atoms with Crippen LogP contribution in [0.1, 0.15) is 36.9 Å². The van der Waals surface area contributed by atoms with Gasteiger partial charge in [0.15, 0.2) is 0 Å². The van der Waals surface area contributed by atoms with Crippen molar-refractivity contribution in [3.8, 4) is 0 Å². The molecule has 1 aromatic carbocycles. The normalized spacial score (nSPS) is 29.5. The Hall–Kier alpha value is -2.10. The molecule has 5 atom stereocenters. The van der Waals surface area contributed by atoms with Crippen LogP contribution in [0.3, 0.4) is 0 Å². The van der Waals surface area contributed by atoms with Gasteiger partial charge in [-0.2, -0.15) is 0 Å². The van der Waals surface area contributed by atoms with E-state index in [9.17, 15) is 14.7 Å². The molecule has 122 valence electrons. The van der Waals surface area contributed by atoms with Gasteiger partial charge in [0.2, 0.25) is 5.91 Å². The highest BCUT2D eigenvalue weighted by atomic mass is 16.4. The molecule has 2 aliphatic carbocycles. The van der Waals surface area contributed by atoms with E-state index in [1.807, 2.05) is 50.3 Å². The van der Waals surface area contributed by atoms with Crippen molar-refractivity contribution < 1.29 is 14.7 Å². The third-order valence-electron chi connectivity index (χ3n) is 5.25. The molecule has 0 unspecified atom stereocenters. The summed E-state index contributed by atoms with van der Waals surface area (Å²) < 4.78 is 0. The number of amides is 1. The smallest absolute Gasteiger partial charge is 0.307 e. The average molecular weight is 313 g/mol. The maximum atomic E-state index is 12.8. The van der Waals surface area contributed by atoms with E-state index in [-0.39, 0.29) is 23.8 Å². The monoisotopic (exact) mass is 313 g/mol. The number of benzene rings is 1. The summed E-state index contributed by atoms with van der Waals surface area (Å²) in [4.78, 5) is 24.3. The number of fused-ring (bicyclic) bond motifs is 2. The lowest BCUT2D eigenvalue weighted by Crippen LogP contribution is -2.41. The molecule has 0 heterocycles. The number of allylic oxidation sites excluding steroid dienone is 2. The summed E-state index contributed by atoms with van der Waals surface area (Å²) in [5, 5.41) is 12.6. The lowest BCUT2D eigenvalue weighted by molar-refractivity contribution is -0.148. The van der Waals surface area contributed by atoms with E-state index in [4.69, 9.17) is 0 Å². The quantitative estimate of drug-likeness (QED) is 0.821. The molecular formula is C19H23NO3. The van der Waals surface area contributed by atoms with Crippen molar-refractivity contribution in [2.45, 2.75) is 32.7 Å². The van der Waals surface area contributed by atoms with E-state index in [0.29, 0.717) is 0 Å². The van der Waals surface area contributed by atoms with Crippen LogP contribution in [0.2, 0.25) is 0 Å². The Bertz CT molecular complexity index is 635. The van der Waals surface area contributed by atoms with E-state index in [1.54, 1.807) is 0 Å². The van der Waals surface area contributed by atoms with Crippen molar-refractivity contribution >= 4 is 11.9 Å². The number of rotatable bonds is 5. The van der Waals surface area contributed by atoms with Crippen LogP contribution in [0.5, 0.6) is 0 Å². The van der Waals surface area contributed by atoms with E-state index >= 15 is 0 Å². The molecule has 23 heavy (non-hydrogen) atoms. The van der Waals surface area contributed by atoms with Gasteiger partial charge in [-0.1, -0.05) is 48.9 Å². The maximum Gasteiger partial charge on any atom is 0.307 e. The number of carbonyl (C=O) groups excluding carboxylic acids is 1. The fourth-order valence-electron chi connectivity index (χ4n) is 4.00. The number of aliphatic carboxylic acids is 1. The summed E-state index contributed by atoms with van der Waals surface area (Å²) >= 11 is 0. The van der Waals surface area contributed by atoms with Crippen molar-refractivity contribution in [3.05, 3.63) is 47.5 Å². The van der Waals surface area contributed by atoms with Crippen LogP contribution in [-0.2, 0) is 9.59 Å². The molecule has 3 rings (SSSR count). The molecule has 0 radical (unpaired) electrons. The number of hydrogen-bond donors (Lipinski definition) is 2. The van der Waals surface area contributed by atoms with E-state index < -0.39 is 17.8 Å². The van der Waals surface area contributed by atoms with Crippen molar-refractivity contribution in [2.75, 3.05) is 0 Å². The van der Waals surface area contributed by atoms with Gasteiger partial charge < -0.3 is 10.4 Å². The summed E-state index contributed by atoms with van der Waals surface area (Å²) in [6.07, 6.45) is 5.55. The van der Waals surface area contributed by atoms with Gasteiger partial charge in [-0.25, -0.2) is 0 Å². The van der Waals surface area contributed by atoms with E-state index in [1.165, 1.54) is 5.56 Å². The number of carbonyl (C=O) groups is 2. The van der Waals surface area contributed by atoms with E-state index in [2.05, 4.69) is 5.32 Å². The number of hydrogen-bond acceptors (Lipinski definition) is 2. The molecule has 1 amide bonds. The Morgan fingerprint density at radius 2 is 1.78 bits per heavy atom. The predicted octanol–water partition coefficient (Wildman–Crippen LogP) is 3.09. The Balaban J connectivity index is 1.76. The number of carboxylic acid groups (broad SMARTS) is 1. The average Bonchev–Trinajstić information content (AvgIpc) is 3.14. The van der Waals surface area contributed by atoms with Gasteiger partial charge in [0.1, 0.15) is 0 Å². The molecular weight excluding hydrogens is 290 g/mol. The summed E-state index contributed by atoms with van der Waals surface area (Å²) in [5.74, 6) is -1.93. The molecule has 1 saturated carbocycles. The summed E-state index contributed by atoms with van der Waals surface area (Å²) in [5.41, 5.74) is 2.25. The molecule has 2 bridgehead atoms. The third-order valence-corrected chi connectivity index (χ3v) is 5.25. The minimum absolute atomic E-state index is 0.00713. The Kier molecular flexibility index (Phi) is 4.24. The van der Waals surface area contributed by atoms with Crippen LogP contribution in [0.4, 0.5) is 0 Å². The van der Waals surface area contributed by atoms with Gasteiger partial charge in [0.25, 0.3) is 0 Å². The van der Waals surface area contributed by atoms with Crippen molar-refractivity contribution in [3.63, 3.8) is 0 Å². The zero-order valence-electron chi connectivity index (χ0n) is 13.5. The topological polar surface area (TPSA) is 66.4 Å². The van der Waals surface area contributed by atoms with Crippen LogP contribution in [-0.4, -0.2) is 17.0 Å². The zero-order valence-corrected chi connectivity index (χ0v) is 13.5. The lowest BCUT2D eigenvalue weighted by atomic mass is 9.82. The van der Waals surface area contributed by atoms with Gasteiger partial charge in [0.05, 0.1) is 17.9 Å². The van der Waals surface area contributed by atoms with Crippen LogP contribution in [0, 0.1) is 30.6 Å². The molecule has 0 saturated heterocycles. The highest BCUT2D eigenvalue weighted by molar-refractivity contribution is 5.87. The van der Waals surface area contributed by atoms with Gasteiger partial charge in [-0.3, -0.25) is 9.59 Å². The standard InChI is InChI=1S/C19H23NO3/c1-3-15(12-6-4-11(2)5-7-12)20-18(21)16-13-8-9-14(10-13)17(16)19(22)23/h4-9,13-17H,3,10H2,1-2H3,(H,20,21)(H,22,23)/t13-,14-,15+,16-,17-/m0/s1. The second kappa shape index (κ2) is 6.19. The third kappa shape index (κ3) is 2.90. The first kappa shape index (κ1) is 15.8.